The molecule has 0 bridgehead atoms. The molecular weight excluding hydrogens is 176 g/mol. The Morgan fingerprint density at radius 3 is 1.50 bits per heavy atom. The minimum atomic E-state index is -0.155. The quantitative estimate of drug-likeness (QED) is 0.467. The molecule has 0 radical (unpaired) electrons. The molecule has 0 heterocycles. The van der Waals surface area contributed by atoms with Crippen molar-refractivity contribution < 1.29 is 0 Å². The number of benzene rings is 1. The first-order valence-corrected chi connectivity index (χ1v) is 4.48. The van der Waals surface area contributed by atoms with Gasteiger partial charge in [0.05, 0.1) is 22.7 Å². The van der Waals surface area contributed by atoms with Crippen LogP contribution < -0.4 is 22.9 Å². The van der Waals surface area contributed by atoms with Gasteiger partial charge in [-0.1, -0.05) is 20.8 Å². The second kappa shape index (κ2) is 2.97. The van der Waals surface area contributed by atoms with E-state index in [0.717, 1.165) is 5.56 Å². The second-order valence-electron chi connectivity index (χ2n) is 4.51. The average Bonchev–Trinajstić information content (AvgIpc) is 1.98. The van der Waals surface area contributed by atoms with Crippen molar-refractivity contribution in [3.8, 4) is 0 Å². The number of hydrogen-bond acceptors (Lipinski definition) is 4. The van der Waals surface area contributed by atoms with Crippen LogP contribution in [0.3, 0.4) is 0 Å². The van der Waals surface area contributed by atoms with Gasteiger partial charge in [-0.15, -0.1) is 0 Å². The summed E-state index contributed by atoms with van der Waals surface area (Å²) in [7, 11) is 0. The molecule has 0 saturated carbocycles. The van der Waals surface area contributed by atoms with Crippen LogP contribution in [-0.2, 0) is 5.41 Å². The van der Waals surface area contributed by atoms with Crippen molar-refractivity contribution in [1.29, 1.82) is 0 Å². The van der Waals surface area contributed by atoms with Crippen LogP contribution in [0.5, 0.6) is 0 Å². The third-order valence-electron chi connectivity index (χ3n) is 2.22. The van der Waals surface area contributed by atoms with Gasteiger partial charge in [-0.3, -0.25) is 0 Å². The standard InChI is InChI=1S/C10H18N4/c1-10(2,3)7-8(13)5(11)4-6(12)9(7)14/h4H,11-14H2,1-3H3. The Balaban J connectivity index is 3.56. The van der Waals surface area contributed by atoms with Crippen LogP contribution in [0, 0.1) is 0 Å². The Bertz CT molecular complexity index is 337. The molecule has 0 aliphatic rings. The van der Waals surface area contributed by atoms with E-state index in [2.05, 4.69) is 0 Å². The van der Waals surface area contributed by atoms with Crippen LogP contribution in [0.15, 0.2) is 6.07 Å². The van der Waals surface area contributed by atoms with Gasteiger partial charge in [0.25, 0.3) is 0 Å². The zero-order chi connectivity index (χ0) is 11.1. The van der Waals surface area contributed by atoms with E-state index < -0.39 is 0 Å². The molecule has 0 fully saturated rings. The maximum absolute atomic E-state index is 5.88. The average molecular weight is 194 g/mol. The molecule has 0 atom stereocenters. The van der Waals surface area contributed by atoms with Crippen LogP contribution in [-0.4, -0.2) is 0 Å². The number of anilines is 4. The van der Waals surface area contributed by atoms with E-state index in [9.17, 15) is 0 Å². The Morgan fingerprint density at radius 2 is 1.21 bits per heavy atom. The van der Waals surface area contributed by atoms with Crippen molar-refractivity contribution in [3.05, 3.63) is 11.6 Å². The molecule has 0 spiro atoms. The highest BCUT2D eigenvalue weighted by atomic mass is 14.8. The fraction of sp³-hybridized carbons (Fsp3) is 0.400. The lowest BCUT2D eigenvalue weighted by Gasteiger charge is -2.25. The summed E-state index contributed by atoms with van der Waals surface area (Å²) < 4.78 is 0. The molecule has 78 valence electrons. The largest absolute Gasteiger partial charge is 0.397 e. The zero-order valence-corrected chi connectivity index (χ0v) is 8.89. The minimum absolute atomic E-state index is 0.155. The summed E-state index contributed by atoms with van der Waals surface area (Å²) in [6.07, 6.45) is 0. The van der Waals surface area contributed by atoms with Crippen LogP contribution in [0.25, 0.3) is 0 Å². The van der Waals surface area contributed by atoms with Crippen LogP contribution >= 0.6 is 0 Å². The maximum atomic E-state index is 5.88. The van der Waals surface area contributed by atoms with Crippen molar-refractivity contribution in [2.45, 2.75) is 26.2 Å². The second-order valence-corrected chi connectivity index (χ2v) is 4.51. The van der Waals surface area contributed by atoms with Gasteiger partial charge in [0.15, 0.2) is 0 Å². The molecule has 0 aliphatic carbocycles. The van der Waals surface area contributed by atoms with Gasteiger partial charge in [-0.25, -0.2) is 0 Å². The maximum Gasteiger partial charge on any atom is 0.0608 e. The van der Waals surface area contributed by atoms with Gasteiger partial charge in [0.2, 0.25) is 0 Å². The number of nitrogen functional groups attached to an aromatic ring is 4. The summed E-state index contributed by atoms with van der Waals surface area (Å²) in [6, 6.07) is 1.60. The molecule has 4 nitrogen and oxygen atoms in total. The Morgan fingerprint density at radius 1 is 0.857 bits per heavy atom. The lowest BCUT2D eigenvalue weighted by molar-refractivity contribution is 0.595. The first-order valence-electron chi connectivity index (χ1n) is 4.48. The molecular formula is C10H18N4. The summed E-state index contributed by atoms with van der Waals surface area (Å²) in [5.41, 5.74) is 25.9. The lowest BCUT2D eigenvalue weighted by Crippen LogP contribution is -2.19. The van der Waals surface area contributed by atoms with E-state index in [4.69, 9.17) is 22.9 Å². The molecule has 1 aromatic rings. The van der Waals surface area contributed by atoms with Crippen molar-refractivity contribution in [3.63, 3.8) is 0 Å². The van der Waals surface area contributed by atoms with E-state index in [1.165, 1.54) is 0 Å². The summed E-state index contributed by atoms with van der Waals surface area (Å²) in [6.45, 7) is 6.07. The fourth-order valence-electron chi connectivity index (χ4n) is 1.56. The highest BCUT2D eigenvalue weighted by Gasteiger charge is 2.22. The van der Waals surface area contributed by atoms with Gasteiger partial charge >= 0.3 is 0 Å². The molecule has 1 aromatic carbocycles. The summed E-state index contributed by atoms with van der Waals surface area (Å²) >= 11 is 0. The number of hydrogen-bond donors (Lipinski definition) is 4. The van der Waals surface area contributed by atoms with Gasteiger partial charge in [0, 0.05) is 5.56 Å². The van der Waals surface area contributed by atoms with Gasteiger partial charge in [-0.05, 0) is 11.5 Å². The van der Waals surface area contributed by atoms with Crippen LogP contribution in [0.1, 0.15) is 26.3 Å². The van der Waals surface area contributed by atoms with E-state index in [0.29, 0.717) is 22.7 Å². The fourth-order valence-corrected chi connectivity index (χ4v) is 1.56. The molecule has 0 aliphatic heterocycles. The Labute approximate surface area is 84.3 Å². The lowest BCUT2D eigenvalue weighted by atomic mass is 9.83. The van der Waals surface area contributed by atoms with Crippen molar-refractivity contribution in [2.24, 2.45) is 0 Å². The van der Waals surface area contributed by atoms with E-state index >= 15 is 0 Å². The predicted molar refractivity (Wildman–Crippen MR) is 62.8 cm³/mol. The van der Waals surface area contributed by atoms with Crippen molar-refractivity contribution >= 4 is 22.7 Å². The Kier molecular flexibility index (Phi) is 2.23. The smallest absolute Gasteiger partial charge is 0.0608 e. The number of nitrogens with two attached hydrogens (primary N) is 4. The predicted octanol–water partition coefficient (Wildman–Crippen LogP) is 1.31. The number of rotatable bonds is 0. The van der Waals surface area contributed by atoms with Crippen LogP contribution in [0.4, 0.5) is 22.7 Å². The molecule has 0 aromatic heterocycles. The topological polar surface area (TPSA) is 104 Å². The molecule has 0 saturated heterocycles. The third-order valence-corrected chi connectivity index (χ3v) is 2.22. The van der Waals surface area contributed by atoms with E-state index in [-0.39, 0.29) is 5.41 Å². The first-order chi connectivity index (χ1) is 6.25. The molecule has 0 unspecified atom stereocenters. The minimum Gasteiger partial charge on any atom is -0.397 e. The highest BCUT2D eigenvalue weighted by molar-refractivity contribution is 5.84. The zero-order valence-electron chi connectivity index (χ0n) is 8.89. The van der Waals surface area contributed by atoms with Gasteiger partial charge in [0.1, 0.15) is 0 Å². The normalized spacial score (nSPS) is 11.6. The monoisotopic (exact) mass is 194 g/mol. The highest BCUT2D eigenvalue weighted by Crippen LogP contribution is 2.39. The van der Waals surface area contributed by atoms with E-state index in [1.54, 1.807) is 6.07 Å². The van der Waals surface area contributed by atoms with Crippen molar-refractivity contribution in [1.82, 2.24) is 0 Å². The third kappa shape index (κ3) is 1.55. The summed E-state index contributed by atoms with van der Waals surface area (Å²) in [5, 5.41) is 0. The van der Waals surface area contributed by atoms with E-state index in [1.807, 2.05) is 20.8 Å². The summed E-state index contributed by atoms with van der Waals surface area (Å²) in [4.78, 5) is 0. The SMILES string of the molecule is CC(C)(C)c1c(N)c(N)cc(N)c1N. The van der Waals surface area contributed by atoms with Gasteiger partial charge in [-0.2, -0.15) is 0 Å². The molecule has 4 heteroatoms. The Hall–Kier alpha value is -1.58. The molecule has 14 heavy (non-hydrogen) atoms. The first kappa shape index (κ1) is 10.5. The van der Waals surface area contributed by atoms with Gasteiger partial charge < -0.3 is 22.9 Å². The summed E-state index contributed by atoms with van der Waals surface area (Å²) in [5.74, 6) is 0. The van der Waals surface area contributed by atoms with Crippen molar-refractivity contribution in [2.75, 3.05) is 22.9 Å². The van der Waals surface area contributed by atoms with Crippen LogP contribution in [0.2, 0.25) is 0 Å². The molecule has 1 rings (SSSR count). The molecule has 8 N–H and O–H groups in total. The molecule has 0 amide bonds.